The number of aliphatic hydroxyl groups is 1. The van der Waals surface area contributed by atoms with Gasteiger partial charge in [0.25, 0.3) is 0 Å². The number of anilines is 2. The van der Waals surface area contributed by atoms with Crippen LogP contribution >= 0.6 is 0 Å². The molecule has 1 atom stereocenters. The number of carbonyl (C=O) groups excluding carboxylic acids is 1. The molecule has 1 fully saturated rings. The number of likely N-dealkylation sites (tertiary alicyclic amines) is 1. The number of nitrogens with two attached hydrogens (primary N) is 1. The molecule has 1 aliphatic heterocycles. The van der Waals surface area contributed by atoms with Crippen LogP contribution in [0.5, 0.6) is 0 Å². The Morgan fingerprint density at radius 1 is 1.45 bits per heavy atom. The zero-order chi connectivity index (χ0) is 14.4. The molecule has 0 spiro atoms. The molecule has 0 aromatic heterocycles. The molecule has 0 bridgehead atoms. The normalized spacial score (nSPS) is 19.8. The summed E-state index contributed by atoms with van der Waals surface area (Å²) >= 11 is 0. The molecule has 0 saturated carbocycles. The molecule has 1 heterocycles. The maximum Gasteiger partial charge on any atom is 0.238 e. The first-order valence-corrected chi connectivity index (χ1v) is 7.19. The minimum Gasteiger partial charge on any atom is -0.399 e. The van der Waals surface area contributed by atoms with Gasteiger partial charge in [0.1, 0.15) is 0 Å². The number of benzene rings is 1. The molecule has 4 N–H and O–H groups in total. The molecule has 1 aromatic rings. The first-order chi connectivity index (χ1) is 9.69. The van der Waals surface area contributed by atoms with E-state index in [4.69, 9.17) is 10.8 Å². The van der Waals surface area contributed by atoms with Crippen molar-refractivity contribution in [3.63, 3.8) is 0 Å². The molecule has 5 heteroatoms. The molecular weight excluding hydrogens is 254 g/mol. The van der Waals surface area contributed by atoms with Crippen molar-refractivity contribution in [1.29, 1.82) is 0 Å². The Balaban J connectivity index is 1.89. The highest BCUT2D eigenvalue weighted by Gasteiger charge is 2.23. The average Bonchev–Trinajstić information content (AvgIpc) is 2.41. The van der Waals surface area contributed by atoms with Crippen LogP contribution < -0.4 is 11.1 Å². The second kappa shape index (κ2) is 7.26. The summed E-state index contributed by atoms with van der Waals surface area (Å²) in [7, 11) is 0. The summed E-state index contributed by atoms with van der Waals surface area (Å²) in [6.07, 6.45) is 4.10. The number of nitrogen functional groups attached to an aromatic ring is 1. The van der Waals surface area contributed by atoms with E-state index in [2.05, 4.69) is 10.2 Å². The summed E-state index contributed by atoms with van der Waals surface area (Å²) < 4.78 is 0. The number of hydrogen-bond donors (Lipinski definition) is 3. The van der Waals surface area contributed by atoms with Crippen LogP contribution in [0.4, 0.5) is 11.4 Å². The van der Waals surface area contributed by atoms with Crippen LogP contribution in [0, 0.1) is 0 Å². The predicted octanol–water partition coefficient (Wildman–Crippen LogP) is 1.44. The van der Waals surface area contributed by atoms with Crippen molar-refractivity contribution in [2.45, 2.75) is 31.7 Å². The highest BCUT2D eigenvalue weighted by atomic mass is 16.3. The molecule has 1 unspecified atom stereocenters. The number of rotatable bonds is 5. The van der Waals surface area contributed by atoms with Crippen LogP contribution in [0.2, 0.25) is 0 Å². The van der Waals surface area contributed by atoms with Crippen LogP contribution in [0.1, 0.15) is 25.7 Å². The number of nitrogens with zero attached hydrogens (tertiary/aromatic N) is 1. The smallest absolute Gasteiger partial charge is 0.238 e. The van der Waals surface area contributed by atoms with Gasteiger partial charge >= 0.3 is 0 Å². The lowest BCUT2D eigenvalue weighted by molar-refractivity contribution is -0.118. The maximum atomic E-state index is 12.1. The van der Waals surface area contributed by atoms with Crippen molar-refractivity contribution in [2.75, 3.05) is 30.7 Å². The Morgan fingerprint density at radius 3 is 3.05 bits per heavy atom. The summed E-state index contributed by atoms with van der Waals surface area (Å²) in [4.78, 5) is 14.3. The summed E-state index contributed by atoms with van der Waals surface area (Å²) in [6.45, 7) is 1.48. The summed E-state index contributed by atoms with van der Waals surface area (Å²) in [5.74, 6) is -0.0274. The van der Waals surface area contributed by atoms with E-state index in [1.54, 1.807) is 12.1 Å². The number of nitrogens with one attached hydrogen (secondary N) is 1. The Kier molecular flexibility index (Phi) is 5.38. The summed E-state index contributed by atoms with van der Waals surface area (Å²) in [6, 6.07) is 7.51. The first-order valence-electron chi connectivity index (χ1n) is 7.19. The zero-order valence-electron chi connectivity index (χ0n) is 11.7. The van der Waals surface area contributed by atoms with E-state index in [0.717, 1.165) is 31.5 Å². The number of piperidine rings is 1. The second-order valence-corrected chi connectivity index (χ2v) is 5.31. The largest absolute Gasteiger partial charge is 0.399 e. The lowest BCUT2D eigenvalue weighted by Crippen LogP contribution is -2.44. The Bertz CT molecular complexity index is 448. The van der Waals surface area contributed by atoms with Gasteiger partial charge in [-0.15, -0.1) is 0 Å². The molecule has 5 nitrogen and oxygen atoms in total. The third-order valence-corrected chi connectivity index (χ3v) is 3.73. The quantitative estimate of drug-likeness (QED) is 0.712. The molecule has 0 aliphatic carbocycles. The Morgan fingerprint density at radius 2 is 2.30 bits per heavy atom. The molecule has 110 valence electrons. The molecular formula is C15H23N3O2. The lowest BCUT2D eigenvalue weighted by atomic mass is 10.00. The molecule has 1 amide bonds. The number of carbonyl (C=O) groups is 1. The third-order valence-electron chi connectivity index (χ3n) is 3.73. The van der Waals surface area contributed by atoms with Gasteiger partial charge in [-0.1, -0.05) is 12.5 Å². The number of aliphatic hydroxyl groups excluding tert-OH is 1. The van der Waals surface area contributed by atoms with E-state index in [1.165, 1.54) is 6.42 Å². The van der Waals surface area contributed by atoms with E-state index in [0.29, 0.717) is 18.3 Å². The number of amides is 1. The van der Waals surface area contributed by atoms with Gasteiger partial charge in [0, 0.05) is 24.0 Å². The fourth-order valence-electron chi connectivity index (χ4n) is 2.75. The fourth-order valence-corrected chi connectivity index (χ4v) is 2.75. The van der Waals surface area contributed by atoms with Crippen molar-refractivity contribution in [3.8, 4) is 0 Å². The molecule has 20 heavy (non-hydrogen) atoms. The van der Waals surface area contributed by atoms with Crippen LogP contribution in [0.25, 0.3) is 0 Å². The van der Waals surface area contributed by atoms with Crippen molar-refractivity contribution in [3.05, 3.63) is 24.3 Å². The zero-order valence-corrected chi connectivity index (χ0v) is 11.7. The minimum absolute atomic E-state index is 0.0274. The van der Waals surface area contributed by atoms with Gasteiger partial charge in [0.15, 0.2) is 0 Å². The van der Waals surface area contributed by atoms with E-state index in [9.17, 15) is 4.79 Å². The highest BCUT2D eigenvalue weighted by molar-refractivity contribution is 5.92. The summed E-state index contributed by atoms with van der Waals surface area (Å²) in [5, 5.41) is 12.0. The van der Waals surface area contributed by atoms with Crippen molar-refractivity contribution in [2.24, 2.45) is 0 Å². The van der Waals surface area contributed by atoms with Crippen LogP contribution in [0.3, 0.4) is 0 Å². The monoisotopic (exact) mass is 277 g/mol. The van der Waals surface area contributed by atoms with E-state index < -0.39 is 0 Å². The van der Waals surface area contributed by atoms with Gasteiger partial charge in [-0.25, -0.2) is 0 Å². The third kappa shape index (κ3) is 4.21. The van der Waals surface area contributed by atoms with Gasteiger partial charge in [-0.3, -0.25) is 9.69 Å². The van der Waals surface area contributed by atoms with Gasteiger partial charge in [-0.2, -0.15) is 0 Å². The molecule has 1 aliphatic rings. The Hall–Kier alpha value is -1.59. The van der Waals surface area contributed by atoms with Gasteiger partial charge in [0.05, 0.1) is 6.54 Å². The van der Waals surface area contributed by atoms with Crippen molar-refractivity contribution in [1.82, 2.24) is 4.90 Å². The second-order valence-electron chi connectivity index (χ2n) is 5.31. The average molecular weight is 277 g/mol. The number of hydrogen-bond acceptors (Lipinski definition) is 4. The van der Waals surface area contributed by atoms with E-state index in [1.807, 2.05) is 12.1 Å². The predicted molar refractivity (Wildman–Crippen MR) is 80.4 cm³/mol. The molecule has 1 aromatic carbocycles. The van der Waals surface area contributed by atoms with Crippen LogP contribution in [0.15, 0.2) is 24.3 Å². The van der Waals surface area contributed by atoms with Crippen molar-refractivity contribution >= 4 is 17.3 Å². The van der Waals surface area contributed by atoms with Crippen LogP contribution in [-0.4, -0.2) is 41.7 Å². The lowest BCUT2D eigenvalue weighted by Gasteiger charge is -2.34. The van der Waals surface area contributed by atoms with E-state index >= 15 is 0 Å². The SMILES string of the molecule is Nc1cccc(NC(=O)CN2CCCCC2CCO)c1. The van der Waals surface area contributed by atoms with Gasteiger partial charge in [-0.05, 0) is 44.0 Å². The summed E-state index contributed by atoms with van der Waals surface area (Å²) in [5.41, 5.74) is 7.06. The highest BCUT2D eigenvalue weighted by Crippen LogP contribution is 2.19. The standard InChI is InChI=1S/C15H23N3O2/c16-12-4-3-5-13(10-12)17-15(20)11-18-8-2-1-6-14(18)7-9-19/h3-5,10,14,19H,1-2,6-9,11,16H2,(H,17,20). The van der Waals surface area contributed by atoms with Gasteiger partial charge < -0.3 is 16.2 Å². The maximum absolute atomic E-state index is 12.1. The minimum atomic E-state index is -0.0274. The fraction of sp³-hybridized carbons (Fsp3) is 0.533. The molecule has 0 radical (unpaired) electrons. The molecule has 1 saturated heterocycles. The van der Waals surface area contributed by atoms with Crippen molar-refractivity contribution < 1.29 is 9.90 Å². The topological polar surface area (TPSA) is 78.6 Å². The van der Waals surface area contributed by atoms with Gasteiger partial charge in [0.2, 0.25) is 5.91 Å². The molecule has 2 rings (SSSR count). The Labute approximate surface area is 119 Å². The first kappa shape index (κ1) is 14.8. The van der Waals surface area contributed by atoms with E-state index in [-0.39, 0.29) is 12.5 Å². The van der Waals surface area contributed by atoms with Crippen LogP contribution in [-0.2, 0) is 4.79 Å².